The van der Waals surface area contributed by atoms with Crippen LogP contribution < -0.4 is 4.90 Å². The quantitative estimate of drug-likeness (QED) is 0.203. The summed E-state index contributed by atoms with van der Waals surface area (Å²) in [7, 11) is 0. The number of rotatable bonds is 5. The Kier molecular flexibility index (Phi) is 5.51. The largest absolute Gasteiger partial charge is 0.378 e. The van der Waals surface area contributed by atoms with Crippen molar-refractivity contribution in [1.82, 2.24) is 19.9 Å². The van der Waals surface area contributed by atoms with Gasteiger partial charge in [-0.15, -0.1) is 0 Å². The van der Waals surface area contributed by atoms with Crippen molar-refractivity contribution in [1.29, 1.82) is 0 Å². The number of halogens is 1. The minimum absolute atomic E-state index is 0.0608. The number of ether oxygens (including phenoxy) is 1. The number of morpholine rings is 1. The molecule has 3 heterocycles. The van der Waals surface area contributed by atoms with Gasteiger partial charge in [0.05, 0.1) is 18.1 Å². The molecule has 144 valence electrons. The molecule has 0 spiro atoms. The highest BCUT2D eigenvalue weighted by atomic mass is 35.5. The number of anilines is 1. The molecule has 1 aliphatic rings. The molecule has 0 aliphatic carbocycles. The van der Waals surface area contributed by atoms with Crippen molar-refractivity contribution in [3.63, 3.8) is 0 Å². The molecule has 3 aromatic rings. The van der Waals surface area contributed by atoms with Crippen molar-refractivity contribution in [2.75, 3.05) is 31.2 Å². The Morgan fingerprint density at radius 3 is 2.82 bits per heavy atom. The van der Waals surface area contributed by atoms with Crippen molar-refractivity contribution in [2.45, 2.75) is 10.8 Å². The number of benzene rings is 1. The molecule has 0 unspecified atom stereocenters. The van der Waals surface area contributed by atoms with Gasteiger partial charge in [-0.1, -0.05) is 23.9 Å². The van der Waals surface area contributed by atoms with Crippen LogP contribution in [0.25, 0.3) is 11.0 Å². The molecule has 1 fully saturated rings. The lowest BCUT2D eigenvalue weighted by Gasteiger charge is -2.28. The van der Waals surface area contributed by atoms with E-state index in [2.05, 4.69) is 24.8 Å². The molecule has 0 atom stereocenters. The Morgan fingerprint density at radius 2 is 2.04 bits per heavy atom. The Morgan fingerprint density at radius 1 is 1.21 bits per heavy atom. The standard InChI is InChI=1S/C17H15ClN6O3S/c18-17-21-14-13(15(22-17)23-4-6-27-7-5-23)19-10-20-16(14)28-9-11-2-1-3-12(8-11)24(25)26/h1-3,8,10H,4-7,9H2. The molecule has 28 heavy (non-hydrogen) atoms. The van der Waals surface area contributed by atoms with E-state index in [1.165, 1.54) is 24.2 Å². The summed E-state index contributed by atoms with van der Waals surface area (Å²) >= 11 is 7.59. The number of nitrogens with zero attached hydrogens (tertiary/aromatic N) is 6. The molecule has 4 rings (SSSR count). The number of hydrogen-bond acceptors (Lipinski definition) is 9. The highest BCUT2D eigenvalue weighted by molar-refractivity contribution is 7.98. The van der Waals surface area contributed by atoms with E-state index in [1.807, 2.05) is 6.07 Å². The summed E-state index contributed by atoms with van der Waals surface area (Å²) in [5, 5.41) is 11.7. The van der Waals surface area contributed by atoms with Crippen molar-refractivity contribution in [2.24, 2.45) is 0 Å². The lowest BCUT2D eigenvalue weighted by Crippen LogP contribution is -2.37. The van der Waals surface area contributed by atoms with Crippen LogP contribution >= 0.6 is 23.4 Å². The Labute approximate surface area is 169 Å². The lowest BCUT2D eigenvalue weighted by molar-refractivity contribution is -0.384. The van der Waals surface area contributed by atoms with Crippen LogP contribution in [0.15, 0.2) is 35.6 Å². The third-order valence-corrected chi connectivity index (χ3v) is 5.43. The second-order valence-corrected chi connectivity index (χ2v) is 7.31. The molecule has 2 aromatic heterocycles. The number of nitro benzene ring substituents is 1. The molecular weight excluding hydrogens is 404 g/mol. The van der Waals surface area contributed by atoms with Crippen molar-refractivity contribution in [3.05, 3.63) is 51.6 Å². The second-order valence-electron chi connectivity index (χ2n) is 6.01. The lowest BCUT2D eigenvalue weighted by atomic mass is 10.2. The summed E-state index contributed by atoms with van der Waals surface area (Å²) in [5.41, 5.74) is 2.08. The third kappa shape index (κ3) is 3.98. The van der Waals surface area contributed by atoms with E-state index in [4.69, 9.17) is 16.3 Å². The van der Waals surface area contributed by atoms with Crippen LogP contribution in [0, 0.1) is 10.1 Å². The first kappa shape index (κ1) is 18.8. The first-order valence-electron chi connectivity index (χ1n) is 8.49. The molecule has 9 nitrogen and oxygen atoms in total. The van der Waals surface area contributed by atoms with Crippen molar-refractivity contribution in [3.8, 4) is 0 Å². The first-order chi connectivity index (χ1) is 13.6. The summed E-state index contributed by atoms with van der Waals surface area (Å²) in [4.78, 5) is 30.0. The van der Waals surface area contributed by atoms with Gasteiger partial charge in [0.2, 0.25) is 5.28 Å². The van der Waals surface area contributed by atoms with E-state index in [-0.39, 0.29) is 11.0 Å². The van der Waals surface area contributed by atoms with Crippen LogP contribution in [0.2, 0.25) is 5.28 Å². The van der Waals surface area contributed by atoms with E-state index in [1.54, 1.807) is 12.1 Å². The zero-order valence-corrected chi connectivity index (χ0v) is 16.2. The van der Waals surface area contributed by atoms with Crippen molar-refractivity contribution >= 4 is 45.9 Å². The summed E-state index contributed by atoms with van der Waals surface area (Å²) in [5.74, 6) is 1.17. The molecule has 11 heteroatoms. The van der Waals surface area contributed by atoms with Gasteiger partial charge in [0.1, 0.15) is 22.4 Å². The molecule has 1 aromatic carbocycles. The molecule has 1 aliphatic heterocycles. The van der Waals surface area contributed by atoms with Crippen molar-refractivity contribution < 1.29 is 9.66 Å². The second kappa shape index (κ2) is 8.21. The maximum Gasteiger partial charge on any atom is 0.269 e. The van der Waals surface area contributed by atoms with E-state index < -0.39 is 4.92 Å². The van der Waals surface area contributed by atoms with Crippen LogP contribution in [0.3, 0.4) is 0 Å². The molecule has 1 saturated heterocycles. The molecule has 0 bridgehead atoms. The third-order valence-electron chi connectivity index (χ3n) is 4.21. The summed E-state index contributed by atoms with van der Waals surface area (Å²) < 4.78 is 5.40. The van der Waals surface area contributed by atoms with Crippen LogP contribution in [-0.2, 0) is 10.5 Å². The van der Waals surface area contributed by atoms with Gasteiger partial charge in [0, 0.05) is 31.0 Å². The minimum Gasteiger partial charge on any atom is -0.378 e. The molecular formula is C17H15ClN6O3S. The van der Waals surface area contributed by atoms with Gasteiger partial charge in [0.25, 0.3) is 5.69 Å². The van der Waals surface area contributed by atoms with Crippen LogP contribution in [0.1, 0.15) is 5.56 Å². The number of fused-ring (bicyclic) bond motifs is 1. The molecule has 0 saturated carbocycles. The summed E-state index contributed by atoms with van der Waals surface area (Å²) in [6.45, 7) is 2.62. The van der Waals surface area contributed by atoms with Gasteiger partial charge < -0.3 is 9.64 Å². The maximum atomic E-state index is 11.0. The normalized spacial score (nSPS) is 14.4. The Balaban J connectivity index is 1.65. The SMILES string of the molecule is O=[N+]([O-])c1cccc(CSc2ncnc3c(N4CCOCC4)nc(Cl)nc23)c1. The zero-order chi connectivity index (χ0) is 19.5. The van der Waals surface area contributed by atoms with Gasteiger partial charge >= 0.3 is 0 Å². The van der Waals surface area contributed by atoms with E-state index in [0.29, 0.717) is 53.9 Å². The smallest absolute Gasteiger partial charge is 0.269 e. The minimum atomic E-state index is -0.407. The number of thioether (sulfide) groups is 1. The van der Waals surface area contributed by atoms with Gasteiger partial charge in [-0.3, -0.25) is 10.1 Å². The van der Waals surface area contributed by atoms with Gasteiger partial charge in [0.15, 0.2) is 5.82 Å². The van der Waals surface area contributed by atoms with E-state index in [0.717, 1.165) is 5.56 Å². The summed E-state index contributed by atoms with van der Waals surface area (Å²) in [6, 6.07) is 6.53. The molecule has 0 radical (unpaired) electrons. The Bertz CT molecular complexity index is 1030. The molecule has 0 N–H and O–H groups in total. The summed E-state index contributed by atoms with van der Waals surface area (Å²) in [6.07, 6.45) is 1.47. The number of non-ortho nitro benzene ring substituents is 1. The highest BCUT2D eigenvalue weighted by Crippen LogP contribution is 2.31. The van der Waals surface area contributed by atoms with Gasteiger partial charge in [-0.25, -0.2) is 15.0 Å². The monoisotopic (exact) mass is 418 g/mol. The fraction of sp³-hybridized carbons (Fsp3) is 0.294. The Hall–Kier alpha value is -2.56. The maximum absolute atomic E-state index is 11.0. The van der Waals surface area contributed by atoms with Crippen LogP contribution in [0.4, 0.5) is 11.5 Å². The topological polar surface area (TPSA) is 107 Å². The van der Waals surface area contributed by atoms with Gasteiger partial charge in [-0.2, -0.15) is 4.98 Å². The van der Waals surface area contributed by atoms with Crippen LogP contribution in [0.5, 0.6) is 0 Å². The fourth-order valence-corrected chi connectivity index (χ4v) is 3.95. The zero-order valence-electron chi connectivity index (χ0n) is 14.6. The highest BCUT2D eigenvalue weighted by Gasteiger charge is 2.20. The first-order valence-corrected chi connectivity index (χ1v) is 9.85. The van der Waals surface area contributed by atoms with E-state index >= 15 is 0 Å². The fourth-order valence-electron chi connectivity index (χ4n) is 2.90. The predicted octanol–water partition coefficient (Wildman–Crippen LogP) is 3.11. The number of nitro groups is 1. The average molecular weight is 419 g/mol. The van der Waals surface area contributed by atoms with E-state index in [9.17, 15) is 10.1 Å². The molecule has 0 amide bonds. The predicted molar refractivity (Wildman–Crippen MR) is 106 cm³/mol. The average Bonchev–Trinajstić information content (AvgIpc) is 2.72. The number of aromatic nitrogens is 4. The van der Waals surface area contributed by atoms with Crippen LogP contribution in [-0.4, -0.2) is 51.2 Å². The van der Waals surface area contributed by atoms with Gasteiger partial charge in [-0.05, 0) is 17.2 Å². The number of hydrogen-bond donors (Lipinski definition) is 0.